The Kier molecular flexibility index (Phi) is 9.85. The maximum Gasteiger partial charge on any atom is 0.262 e. The maximum atomic E-state index is 13.5. The third-order valence-corrected chi connectivity index (χ3v) is 3.48. The lowest BCUT2D eigenvalue weighted by molar-refractivity contribution is -0.118. The van der Waals surface area contributed by atoms with Gasteiger partial charge in [0.2, 0.25) is 0 Å². The van der Waals surface area contributed by atoms with Crippen LogP contribution in [0, 0.1) is 5.82 Å². The minimum Gasteiger partial charge on any atom is -0.483 e. The average molecular weight is 396 g/mol. The summed E-state index contributed by atoms with van der Waals surface area (Å²) < 4.78 is 19.0. The van der Waals surface area contributed by atoms with E-state index in [1.54, 1.807) is 30.3 Å². The summed E-state index contributed by atoms with van der Waals surface area (Å²) in [5.74, 6) is -1.04. The lowest BCUT2D eigenvalue weighted by Crippen LogP contribution is -2.32. The molecule has 0 fully saturated rings. The van der Waals surface area contributed by atoms with Crippen LogP contribution < -0.4 is 20.7 Å². The molecule has 0 aliphatic heterocycles. The van der Waals surface area contributed by atoms with Gasteiger partial charge in [-0.3, -0.25) is 9.59 Å². The Hall–Kier alpha value is -2.64. The smallest absolute Gasteiger partial charge is 0.262 e. The Balaban J connectivity index is 0.00000364. The molecule has 146 valence electrons. The summed E-state index contributed by atoms with van der Waals surface area (Å²) in [5.41, 5.74) is 0.415. The Morgan fingerprint density at radius 1 is 1.04 bits per heavy atom. The fourth-order valence-corrected chi connectivity index (χ4v) is 2.21. The Bertz CT molecular complexity index is 758. The summed E-state index contributed by atoms with van der Waals surface area (Å²) in [6, 6.07) is 12.5. The van der Waals surface area contributed by atoms with Crippen LogP contribution in [-0.4, -0.2) is 38.1 Å². The number of nitrogens with one attached hydrogen (secondary N) is 3. The predicted molar refractivity (Wildman–Crippen MR) is 105 cm³/mol. The molecule has 0 aromatic heterocycles. The normalized spacial score (nSPS) is 9.85. The number of para-hydroxylation sites is 2. The fraction of sp³-hybridized carbons (Fsp3) is 0.263. The first-order chi connectivity index (χ1) is 12.6. The molecule has 2 rings (SSSR count). The van der Waals surface area contributed by atoms with Gasteiger partial charge in [0.1, 0.15) is 11.6 Å². The molecule has 0 heterocycles. The van der Waals surface area contributed by atoms with Gasteiger partial charge in [0.15, 0.2) is 6.61 Å². The van der Waals surface area contributed by atoms with Gasteiger partial charge in [0.05, 0.1) is 11.3 Å². The SMILES string of the molecule is CCNCCNC(=O)c1ccccc1OCC(=O)Nc1ccccc1F.Cl. The molecule has 27 heavy (non-hydrogen) atoms. The van der Waals surface area contributed by atoms with Gasteiger partial charge in [-0.2, -0.15) is 0 Å². The second-order valence-electron chi connectivity index (χ2n) is 5.42. The number of amides is 2. The van der Waals surface area contributed by atoms with Crippen LogP contribution in [0.15, 0.2) is 48.5 Å². The summed E-state index contributed by atoms with van der Waals surface area (Å²) >= 11 is 0. The van der Waals surface area contributed by atoms with Gasteiger partial charge in [-0.1, -0.05) is 31.2 Å². The summed E-state index contributed by atoms with van der Waals surface area (Å²) in [7, 11) is 0. The minimum atomic E-state index is -0.527. The molecule has 0 atom stereocenters. The first kappa shape index (κ1) is 22.4. The van der Waals surface area contributed by atoms with Crippen molar-refractivity contribution in [2.45, 2.75) is 6.92 Å². The van der Waals surface area contributed by atoms with Crippen molar-refractivity contribution < 1.29 is 18.7 Å². The Morgan fingerprint density at radius 3 is 2.48 bits per heavy atom. The van der Waals surface area contributed by atoms with Crippen LogP contribution in [0.3, 0.4) is 0 Å². The van der Waals surface area contributed by atoms with E-state index in [-0.39, 0.29) is 36.4 Å². The number of anilines is 1. The largest absolute Gasteiger partial charge is 0.483 e. The Morgan fingerprint density at radius 2 is 1.74 bits per heavy atom. The van der Waals surface area contributed by atoms with Crippen molar-refractivity contribution in [3.05, 3.63) is 59.9 Å². The Labute approximate surface area is 163 Å². The molecular weight excluding hydrogens is 373 g/mol. The van der Waals surface area contributed by atoms with Crippen LogP contribution in [0.2, 0.25) is 0 Å². The molecular formula is C19H23ClFN3O3. The van der Waals surface area contributed by atoms with Crippen LogP contribution in [0.4, 0.5) is 10.1 Å². The zero-order valence-corrected chi connectivity index (χ0v) is 15.8. The highest BCUT2D eigenvalue weighted by molar-refractivity contribution is 5.97. The van der Waals surface area contributed by atoms with Crippen molar-refractivity contribution in [2.75, 3.05) is 31.6 Å². The zero-order valence-electron chi connectivity index (χ0n) is 15.0. The highest BCUT2D eigenvalue weighted by Gasteiger charge is 2.13. The number of carbonyl (C=O) groups excluding carboxylic acids is 2. The molecule has 0 saturated carbocycles. The lowest BCUT2D eigenvalue weighted by Gasteiger charge is -2.12. The van der Waals surface area contributed by atoms with E-state index < -0.39 is 11.7 Å². The van der Waals surface area contributed by atoms with Gasteiger partial charge < -0.3 is 20.7 Å². The third kappa shape index (κ3) is 7.24. The number of likely N-dealkylation sites (N-methyl/N-ethyl adjacent to an activating group) is 1. The fourth-order valence-electron chi connectivity index (χ4n) is 2.21. The monoisotopic (exact) mass is 395 g/mol. The molecule has 0 radical (unpaired) electrons. The van der Waals surface area contributed by atoms with E-state index in [0.717, 1.165) is 6.54 Å². The summed E-state index contributed by atoms with van der Waals surface area (Å²) in [6.45, 7) is 3.62. The molecule has 3 N–H and O–H groups in total. The molecule has 8 heteroatoms. The van der Waals surface area contributed by atoms with Crippen molar-refractivity contribution in [1.82, 2.24) is 10.6 Å². The van der Waals surface area contributed by atoms with Gasteiger partial charge >= 0.3 is 0 Å². The van der Waals surface area contributed by atoms with Crippen LogP contribution in [0.25, 0.3) is 0 Å². The number of ether oxygens (including phenoxy) is 1. The maximum absolute atomic E-state index is 13.5. The number of hydrogen-bond donors (Lipinski definition) is 3. The third-order valence-electron chi connectivity index (χ3n) is 3.48. The van der Waals surface area contributed by atoms with E-state index in [9.17, 15) is 14.0 Å². The molecule has 2 aromatic rings. The van der Waals surface area contributed by atoms with E-state index in [4.69, 9.17) is 4.74 Å². The second-order valence-corrected chi connectivity index (χ2v) is 5.42. The molecule has 6 nitrogen and oxygen atoms in total. The lowest BCUT2D eigenvalue weighted by atomic mass is 10.2. The van der Waals surface area contributed by atoms with Gasteiger partial charge in [-0.05, 0) is 30.8 Å². The number of carbonyl (C=O) groups is 2. The number of hydrogen-bond acceptors (Lipinski definition) is 4. The highest BCUT2D eigenvalue weighted by atomic mass is 35.5. The number of benzene rings is 2. The van der Waals surface area contributed by atoms with Crippen LogP contribution >= 0.6 is 12.4 Å². The van der Waals surface area contributed by atoms with Crippen molar-refractivity contribution in [3.63, 3.8) is 0 Å². The van der Waals surface area contributed by atoms with Crippen LogP contribution in [0.1, 0.15) is 17.3 Å². The molecule has 2 amide bonds. The topological polar surface area (TPSA) is 79.5 Å². The first-order valence-corrected chi connectivity index (χ1v) is 8.37. The quantitative estimate of drug-likeness (QED) is 0.570. The van der Waals surface area contributed by atoms with E-state index in [1.807, 2.05) is 6.92 Å². The number of rotatable bonds is 9. The zero-order chi connectivity index (χ0) is 18.8. The van der Waals surface area contributed by atoms with Crippen LogP contribution in [-0.2, 0) is 4.79 Å². The minimum absolute atomic E-state index is 0. The van der Waals surface area contributed by atoms with Crippen molar-refractivity contribution in [2.24, 2.45) is 0 Å². The van der Waals surface area contributed by atoms with E-state index in [0.29, 0.717) is 18.7 Å². The summed E-state index contributed by atoms with van der Waals surface area (Å²) in [6.07, 6.45) is 0. The summed E-state index contributed by atoms with van der Waals surface area (Å²) in [4.78, 5) is 24.2. The van der Waals surface area contributed by atoms with E-state index >= 15 is 0 Å². The van der Waals surface area contributed by atoms with Crippen molar-refractivity contribution in [1.29, 1.82) is 0 Å². The molecule has 0 aliphatic rings. The first-order valence-electron chi connectivity index (χ1n) is 8.37. The van der Waals surface area contributed by atoms with Gasteiger partial charge in [-0.15, -0.1) is 12.4 Å². The molecule has 0 saturated heterocycles. The molecule has 0 unspecified atom stereocenters. The molecule has 0 spiro atoms. The average Bonchev–Trinajstić information content (AvgIpc) is 2.65. The van der Waals surface area contributed by atoms with E-state index in [1.165, 1.54) is 18.2 Å². The van der Waals surface area contributed by atoms with E-state index in [2.05, 4.69) is 16.0 Å². The molecule has 2 aromatic carbocycles. The van der Waals surface area contributed by atoms with Gasteiger partial charge in [-0.25, -0.2) is 4.39 Å². The van der Waals surface area contributed by atoms with Crippen molar-refractivity contribution in [3.8, 4) is 5.75 Å². The molecule has 0 bridgehead atoms. The second kappa shape index (κ2) is 11.9. The van der Waals surface area contributed by atoms with Crippen LogP contribution in [0.5, 0.6) is 5.75 Å². The standard InChI is InChI=1S/C19H22FN3O3.ClH/c1-2-21-11-12-22-19(25)14-7-3-6-10-17(14)26-13-18(24)23-16-9-5-4-8-15(16)20;/h3-10,21H,2,11-13H2,1H3,(H,22,25)(H,23,24);1H. The number of halogens is 2. The van der Waals surface area contributed by atoms with Crippen molar-refractivity contribution >= 4 is 29.9 Å². The predicted octanol–water partition coefficient (Wildman–Crippen LogP) is 2.60. The highest BCUT2D eigenvalue weighted by Crippen LogP contribution is 2.18. The van der Waals surface area contributed by atoms with Gasteiger partial charge in [0, 0.05) is 13.1 Å². The molecule has 0 aliphatic carbocycles. The summed E-state index contributed by atoms with van der Waals surface area (Å²) in [5, 5.41) is 8.32. The van der Waals surface area contributed by atoms with Gasteiger partial charge in [0.25, 0.3) is 11.8 Å².